The van der Waals surface area contributed by atoms with Crippen LogP contribution in [0.2, 0.25) is 4.34 Å². The summed E-state index contributed by atoms with van der Waals surface area (Å²) >= 11 is 9.05. The van der Waals surface area contributed by atoms with Gasteiger partial charge in [0.15, 0.2) is 0 Å². The Morgan fingerprint density at radius 2 is 1.68 bits per heavy atom. The van der Waals surface area contributed by atoms with Crippen LogP contribution in [0, 0.1) is 0 Å². The lowest BCUT2D eigenvalue weighted by atomic mass is 9.97. The lowest BCUT2D eigenvalue weighted by molar-refractivity contribution is 0.0718. The zero-order chi connectivity index (χ0) is 15.1. The van der Waals surface area contributed by atoms with Gasteiger partial charge in [0.2, 0.25) is 0 Å². The van der Waals surface area contributed by atoms with Gasteiger partial charge in [0.1, 0.15) is 10.0 Å². The molecule has 1 saturated carbocycles. The van der Waals surface area contributed by atoms with E-state index in [2.05, 4.69) is 10.2 Å². The van der Waals surface area contributed by atoms with E-state index in [1.807, 2.05) is 11.0 Å². The summed E-state index contributed by atoms with van der Waals surface area (Å²) < 4.78 is 0.666. The van der Waals surface area contributed by atoms with E-state index >= 15 is 0 Å². The minimum atomic E-state index is 0.103. The second-order valence-corrected chi connectivity index (χ2v) is 8.68. The van der Waals surface area contributed by atoms with Crippen molar-refractivity contribution in [3.8, 4) is 0 Å². The third-order valence-corrected chi connectivity index (χ3v) is 6.77. The number of carbonyl (C=O) groups is 1. The SMILES string of the molecule is O=C(c1ccc(Cl)s1)N1CCC(c2nnc(C3CC3)s2)CC1. The van der Waals surface area contributed by atoms with Crippen LogP contribution in [0.25, 0.3) is 0 Å². The summed E-state index contributed by atoms with van der Waals surface area (Å²) in [5, 5.41) is 11.1. The largest absolute Gasteiger partial charge is 0.338 e. The molecule has 2 aromatic rings. The van der Waals surface area contributed by atoms with E-state index in [1.54, 1.807) is 17.4 Å². The Kier molecular flexibility index (Phi) is 3.92. The van der Waals surface area contributed by atoms with Gasteiger partial charge in [0, 0.05) is 24.9 Å². The van der Waals surface area contributed by atoms with E-state index in [4.69, 9.17) is 11.6 Å². The summed E-state index contributed by atoms with van der Waals surface area (Å²) in [6.07, 6.45) is 4.49. The fourth-order valence-electron chi connectivity index (χ4n) is 2.82. The topological polar surface area (TPSA) is 46.1 Å². The van der Waals surface area contributed by atoms with Crippen LogP contribution in [0.15, 0.2) is 12.1 Å². The number of piperidine rings is 1. The van der Waals surface area contributed by atoms with Crippen LogP contribution in [0.4, 0.5) is 0 Å². The van der Waals surface area contributed by atoms with Gasteiger partial charge in [-0.1, -0.05) is 11.6 Å². The van der Waals surface area contributed by atoms with Gasteiger partial charge >= 0.3 is 0 Å². The highest BCUT2D eigenvalue weighted by atomic mass is 35.5. The van der Waals surface area contributed by atoms with Crippen molar-refractivity contribution in [1.29, 1.82) is 0 Å². The van der Waals surface area contributed by atoms with E-state index in [0.29, 0.717) is 16.2 Å². The predicted molar refractivity (Wildman–Crippen MR) is 89.1 cm³/mol. The van der Waals surface area contributed by atoms with Crippen molar-refractivity contribution in [2.24, 2.45) is 0 Å². The number of carbonyl (C=O) groups excluding carboxylic acids is 1. The molecular weight excluding hydrogens is 338 g/mol. The molecule has 1 aliphatic carbocycles. The average Bonchev–Trinajstić information content (AvgIpc) is 3.11. The molecule has 1 amide bonds. The van der Waals surface area contributed by atoms with Gasteiger partial charge in [-0.2, -0.15) is 0 Å². The van der Waals surface area contributed by atoms with E-state index in [9.17, 15) is 4.79 Å². The molecule has 4 nitrogen and oxygen atoms in total. The summed E-state index contributed by atoms with van der Waals surface area (Å²) in [6.45, 7) is 1.58. The van der Waals surface area contributed by atoms with Crippen molar-refractivity contribution >= 4 is 40.2 Å². The van der Waals surface area contributed by atoms with Gasteiger partial charge in [-0.25, -0.2) is 0 Å². The quantitative estimate of drug-likeness (QED) is 0.832. The monoisotopic (exact) mass is 353 g/mol. The van der Waals surface area contributed by atoms with Gasteiger partial charge in [-0.15, -0.1) is 32.9 Å². The van der Waals surface area contributed by atoms with Crippen molar-refractivity contribution in [1.82, 2.24) is 15.1 Å². The molecule has 0 N–H and O–H groups in total. The molecule has 0 atom stereocenters. The first-order chi connectivity index (χ1) is 10.7. The molecule has 0 unspecified atom stereocenters. The Morgan fingerprint density at radius 3 is 2.23 bits per heavy atom. The maximum Gasteiger partial charge on any atom is 0.263 e. The summed E-state index contributed by atoms with van der Waals surface area (Å²) in [7, 11) is 0. The number of nitrogens with zero attached hydrogens (tertiary/aromatic N) is 3. The molecule has 3 heterocycles. The van der Waals surface area contributed by atoms with Crippen molar-refractivity contribution in [3.05, 3.63) is 31.4 Å². The number of hydrogen-bond donors (Lipinski definition) is 0. The van der Waals surface area contributed by atoms with Crippen LogP contribution in [0.3, 0.4) is 0 Å². The maximum atomic E-state index is 12.4. The Bertz CT molecular complexity index is 687. The number of rotatable bonds is 3. The molecule has 0 spiro atoms. The molecule has 116 valence electrons. The van der Waals surface area contributed by atoms with Crippen LogP contribution >= 0.6 is 34.3 Å². The standard InChI is InChI=1S/C15H16ClN3OS2/c16-12-4-3-11(21-12)15(20)19-7-5-10(6-8-19)14-18-17-13(22-14)9-1-2-9/h3-4,9-10H,1-2,5-8H2. The van der Waals surface area contributed by atoms with Crippen LogP contribution in [-0.4, -0.2) is 34.1 Å². The first-order valence-corrected chi connectivity index (χ1v) is 9.59. The molecule has 22 heavy (non-hydrogen) atoms. The molecule has 1 saturated heterocycles. The molecule has 4 rings (SSSR count). The molecule has 2 aromatic heterocycles. The molecule has 1 aliphatic heterocycles. The van der Waals surface area contributed by atoms with Crippen molar-refractivity contribution in [2.45, 2.75) is 37.5 Å². The maximum absolute atomic E-state index is 12.4. The number of halogens is 1. The van der Waals surface area contributed by atoms with Gasteiger partial charge in [-0.3, -0.25) is 4.79 Å². The van der Waals surface area contributed by atoms with Crippen molar-refractivity contribution in [2.75, 3.05) is 13.1 Å². The summed E-state index contributed by atoms with van der Waals surface area (Å²) in [5.74, 6) is 1.24. The molecule has 0 radical (unpaired) electrons. The van der Waals surface area contributed by atoms with Gasteiger partial charge in [-0.05, 0) is 37.8 Å². The van der Waals surface area contributed by atoms with Gasteiger partial charge in [0.05, 0.1) is 9.21 Å². The second kappa shape index (κ2) is 5.91. The Hall–Kier alpha value is -0.980. The number of likely N-dealkylation sites (tertiary alicyclic amines) is 1. The van der Waals surface area contributed by atoms with E-state index in [1.165, 1.54) is 29.2 Å². The Balaban J connectivity index is 1.38. The minimum absolute atomic E-state index is 0.103. The van der Waals surface area contributed by atoms with Crippen LogP contribution in [-0.2, 0) is 0 Å². The fourth-order valence-corrected chi connectivity index (χ4v) is 5.01. The third-order valence-electron chi connectivity index (χ3n) is 4.30. The second-order valence-electron chi connectivity index (χ2n) is 5.92. The van der Waals surface area contributed by atoms with Gasteiger partial charge in [0.25, 0.3) is 5.91 Å². The number of aromatic nitrogens is 2. The minimum Gasteiger partial charge on any atom is -0.338 e. The summed E-state index contributed by atoms with van der Waals surface area (Å²) in [6, 6.07) is 3.60. The lowest BCUT2D eigenvalue weighted by Gasteiger charge is -2.30. The third kappa shape index (κ3) is 2.92. The Labute approximate surface area is 142 Å². The van der Waals surface area contributed by atoms with E-state index < -0.39 is 0 Å². The van der Waals surface area contributed by atoms with Crippen LogP contribution in [0.1, 0.15) is 57.2 Å². The smallest absolute Gasteiger partial charge is 0.263 e. The van der Waals surface area contributed by atoms with Crippen LogP contribution in [0.5, 0.6) is 0 Å². The molecule has 2 fully saturated rings. The van der Waals surface area contributed by atoms with Crippen LogP contribution < -0.4 is 0 Å². The van der Waals surface area contributed by atoms with Gasteiger partial charge < -0.3 is 4.90 Å². The zero-order valence-electron chi connectivity index (χ0n) is 12.0. The number of thiophene rings is 1. The Morgan fingerprint density at radius 1 is 1.05 bits per heavy atom. The predicted octanol–water partition coefficient (Wildman–Crippen LogP) is 4.15. The zero-order valence-corrected chi connectivity index (χ0v) is 14.4. The highest BCUT2D eigenvalue weighted by Gasteiger charge is 2.31. The molecule has 0 bridgehead atoms. The van der Waals surface area contributed by atoms with E-state index in [0.717, 1.165) is 35.8 Å². The van der Waals surface area contributed by atoms with Crippen molar-refractivity contribution in [3.63, 3.8) is 0 Å². The highest BCUT2D eigenvalue weighted by molar-refractivity contribution is 7.18. The fraction of sp³-hybridized carbons (Fsp3) is 0.533. The molecule has 2 aliphatic rings. The normalized spacial score (nSPS) is 19.6. The first kappa shape index (κ1) is 14.6. The van der Waals surface area contributed by atoms with Crippen molar-refractivity contribution < 1.29 is 4.79 Å². The lowest BCUT2D eigenvalue weighted by Crippen LogP contribution is -2.37. The number of hydrogen-bond acceptors (Lipinski definition) is 5. The summed E-state index contributed by atoms with van der Waals surface area (Å²) in [5.41, 5.74) is 0. The van der Waals surface area contributed by atoms with E-state index in [-0.39, 0.29) is 5.91 Å². The molecule has 0 aromatic carbocycles. The summed E-state index contributed by atoms with van der Waals surface area (Å²) in [4.78, 5) is 15.1. The number of amides is 1. The first-order valence-electron chi connectivity index (χ1n) is 7.58. The molecular formula is C15H16ClN3OS2. The molecule has 7 heteroatoms. The average molecular weight is 354 g/mol. The highest BCUT2D eigenvalue weighted by Crippen LogP contribution is 2.43.